The number of benzene rings is 1. The highest BCUT2D eigenvalue weighted by atomic mass is 35.5. The van der Waals surface area contributed by atoms with Gasteiger partial charge < -0.3 is 5.32 Å². The van der Waals surface area contributed by atoms with Crippen molar-refractivity contribution in [3.05, 3.63) is 75.3 Å². The molecule has 1 aliphatic rings. The summed E-state index contributed by atoms with van der Waals surface area (Å²) in [5, 5.41) is 13.0. The second-order valence-electron chi connectivity index (χ2n) is 9.39. The molecule has 5 rings (SSSR count). The lowest BCUT2D eigenvalue weighted by Crippen LogP contribution is -2.53. The first-order chi connectivity index (χ1) is 19.8. The largest absolute Gasteiger partial charge is 0.410 e. The Morgan fingerprint density at radius 1 is 1.14 bits per heavy atom. The molecule has 222 valence electrons. The molecule has 1 amide bonds. The molecule has 1 saturated heterocycles. The Kier molecular flexibility index (Phi) is 8.04. The summed E-state index contributed by atoms with van der Waals surface area (Å²) in [6, 6.07) is 4.88. The van der Waals surface area contributed by atoms with Crippen LogP contribution in [0.2, 0.25) is 10.0 Å². The maximum Gasteiger partial charge on any atom is 0.410 e. The monoisotopic (exact) mass is 631 g/mol. The van der Waals surface area contributed by atoms with E-state index < -0.39 is 55.3 Å². The lowest BCUT2D eigenvalue weighted by Gasteiger charge is -2.24. The molecule has 11 nitrogen and oxygen atoms in total. The summed E-state index contributed by atoms with van der Waals surface area (Å²) in [6.07, 6.45) is -3.22. The molecule has 0 saturated carbocycles. The van der Waals surface area contributed by atoms with Gasteiger partial charge in [0.05, 0.1) is 24.2 Å². The van der Waals surface area contributed by atoms with E-state index >= 15 is 0 Å². The minimum Gasteiger partial charge on any atom is -0.342 e. The van der Waals surface area contributed by atoms with Gasteiger partial charge in [-0.1, -0.05) is 23.2 Å². The summed E-state index contributed by atoms with van der Waals surface area (Å²) in [5.74, 6) is -4.35. The number of carbonyl (C=O) groups is 1. The molecule has 1 fully saturated rings. The van der Waals surface area contributed by atoms with Crippen LogP contribution < -0.4 is 16.3 Å². The van der Waals surface area contributed by atoms with Gasteiger partial charge >= 0.3 is 11.9 Å². The number of pyridine rings is 1. The predicted molar refractivity (Wildman–Crippen MR) is 140 cm³/mol. The molecule has 2 unspecified atom stereocenters. The van der Waals surface area contributed by atoms with Gasteiger partial charge in [-0.15, -0.1) is 10.2 Å². The number of nitrogens with zero attached hydrogens (tertiary/aromatic N) is 7. The number of halogens is 7. The van der Waals surface area contributed by atoms with Crippen molar-refractivity contribution < 1.29 is 26.7 Å². The number of hydrogen-bond donors (Lipinski definition) is 2. The smallest absolute Gasteiger partial charge is 0.342 e. The number of aromatic nitrogens is 7. The highest BCUT2D eigenvalue weighted by Gasteiger charge is 2.46. The minimum absolute atomic E-state index is 0.0695. The van der Waals surface area contributed by atoms with Crippen LogP contribution in [0.3, 0.4) is 0 Å². The number of amides is 1. The van der Waals surface area contributed by atoms with Crippen LogP contribution in [-0.2, 0) is 17.9 Å². The topological polar surface area (TPSA) is 125 Å². The van der Waals surface area contributed by atoms with Crippen LogP contribution in [-0.4, -0.2) is 70.7 Å². The Morgan fingerprint density at radius 3 is 2.52 bits per heavy atom. The van der Waals surface area contributed by atoms with Gasteiger partial charge in [0.1, 0.15) is 18.9 Å². The molecule has 18 heteroatoms. The second kappa shape index (κ2) is 11.4. The summed E-state index contributed by atoms with van der Waals surface area (Å²) in [7, 11) is 0. The Balaban J connectivity index is 1.47. The first kappa shape index (κ1) is 29.6. The number of alkyl halides is 5. The zero-order valence-corrected chi connectivity index (χ0v) is 22.7. The standard InChI is InChI=1S/C24H20Cl2F5N9O2/c25-14-5-3-13(4-6-14)19-37-39(10-18-34-12-40(36-18)20-15(26)2-1-7-32-20)22(42)38(19)9-17(24(29,30)31)35-21(41)16-8-23(27,28)11-33-16/h1-7,12,16-17,33H,8-11H2,(H,35,41). The van der Waals surface area contributed by atoms with Gasteiger partial charge in [-0.2, -0.15) is 13.2 Å². The average molecular weight is 632 g/mol. The molecular weight excluding hydrogens is 612 g/mol. The fourth-order valence-electron chi connectivity index (χ4n) is 4.26. The third-order valence-corrected chi connectivity index (χ3v) is 6.86. The van der Waals surface area contributed by atoms with Crippen LogP contribution in [0.25, 0.3) is 17.2 Å². The van der Waals surface area contributed by atoms with Gasteiger partial charge in [0.15, 0.2) is 17.5 Å². The van der Waals surface area contributed by atoms with E-state index in [0.717, 1.165) is 9.25 Å². The molecule has 0 spiro atoms. The summed E-state index contributed by atoms with van der Waals surface area (Å²) in [6.45, 7) is -2.28. The fourth-order valence-corrected chi connectivity index (χ4v) is 4.59. The summed E-state index contributed by atoms with van der Waals surface area (Å²) in [5.41, 5.74) is -0.723. The van der Waals surface area contributed by atoms with Gasteiger partial charge in [0.25, 0.3) is 5.92 Å². The van der Waals surface area contributed by atoms with Crippen LogP contribution in [0.15, 0.2) is 53.7 Å². The Hall–Kier alpha value is -3.89. The highest BCUT2D eigenvalue weighted by Crippen LogP contribution is 2.27. The summed E-state index contributed by atoms with van der Waals surface area (Å²) in [4.78, 5) is 34.1. The first-order valence-electron chi connectivity index (χ1n) is 12.2. The van der Waals surface area contributed by atoms with Crippen LogP contribution in [0.1, 0.15) is 12.2 Å². The van der Waals surface area contributed by atoms with Gasteiger partial charge in [0, 0.05) is 23.2 Å². The van der Waals surface area contributed by atoms with E-state index in [-0.39, 0.29) is 34.6 Å². The van der Waals surface area contributed by atoms with E-state index in [1.807, 2.05) is 0 Å². The van der Waals surface area contributed by atoms with E-state index in [1.165, 1.54) is 41.5 Å². The summed E-state index contributed by atoms with van der Waals surface area (Å²) < 4.78 is 72.2. The van der Waals surface area contributed by atoms with Gasteiger partial charge in [-0.25, -0.2) is 32.9 Å². The second-order valence-corrected chi connectivity index (χ2v) is 10.2. The minimum atomic E-state index is -5.04. The predicted octanol–water partition coefficient (Wildman–Crippen LogP) is 3.09. The van der Waals surface area contributed by atoms with Gasteiger partial charge in [0.2, 0.25) is 5.91 Å². The molecule has 0 radical (unpaired) electrons. The molecule has 42 heavy (non-hydrogen) atoms. The van der Waals surface area contributed by atoms with Crippen molar-refractivity contribution in [2.45, 2.75) is 43.7 Å². The highest BCUT2D eigenvalue weighted by molar-refractivity contribution is 6.32. The molecule has 4 heterocycles. The molecule has 4 aromatic rings. The Labute approximate surface area is 243 Å². The number of carbonyl (C=O) groups excluding carboxylic acids is 1. The van der Waals surface area contributed by atoms with Crippen molar-refractivity contribution in [1.82, 2.24) is 44.7 Å². The number of nitrogens with one attached hydrogen (secondary N) is 2. The van der Waals surface area contributed by atoms with Crippen molar-refractivity contribution >= 4 is 29.1 Å². The molecule has 2 N–H and O–H groups in total. The zero-order chi connectivity index (χ0) is 30.2. The van der Waals surface area contributed by atoms with Crippen LogP contribution in [0, 0.1) is 0 Å². The van der Waals surface area contributed by atoms with E-state index in [9.17, 15) is 31.5 Å². The van der Waals surface area contributed by atoms with E-state index in [2.05, 4.69) is 25.5 Å². The number of hydrogen-bond acceptors (Lipinski definition) is 7. The van der Waals surface area contributed by atoms with Gasteiger partial charge in [-0.3, -0.25) is 14.7 Å². The molecule has 0 bridgehead atoms. The van der Waals surface area contributed by atoms with Gasteiger partial charge in [-0.05, 0) is 36.4 Å². The molecule has 3 aromatic heterocycles. The first-order valence-corrected chi connectivity index (χ1v) is 13.0. The van der Waals surface area contributed by atoms with E-state index in [4.69, 9.17) is 23.2 Å². The lowest BCUT2D eigenvalue weighted by molar-refractivity contribution is -0.165. The Morgan fingerprint density at radius 2 is 1.88 bits per heavy atom. The van der Waals surface area contributed by atoms with Crippen molar-refractivity contribution in [2.24, 2.45) is 0 Å². The summed E-state index contributed by atoms with van der Waals surface area (Å²) >= 11 is 12.1. The van der Waals surface area contributed by atoms with Crippen molar-refractivity contribution in [1.29, 1.82) is 0 Å². The van der Waals surface area contributed by atoms with Crippen molar-refractivity contribution in [3.8, 4) is 17.2 Å². The van der Waals surface area contributed by atoms with E-state index in [0.29, 0.717) is 5.02 Å². The SMILES string of the molecule is O=C(NC(Cn1c(-c2ccc(Cl)cc2)nn(Cc2ncn(-c3ncccc3Cl)n2)c1=O)C(F)(F)F)C1CC(F)(F)CN1. The Bertz CT molecular complexity index is 1650. The maximum atomic E-state index is 14.1. The van der Waals surface area contributed by atoms with Crippen LogP contribution in [0.5, 0.6) is 0 Å². The third kappa shape index (κ3) is 6.44. The van der Waals surface area contributed by atoms with Crippen molar-refractivity contribution in [2.75, 3.05) is 6.54 Å². The quantitative estimate of drug-likeness (QED) is 0.286. The van der Waals surface area contributed by atoms with E-state index in [1.54, 1.807) is 17.4 Å². The van der Waals surface area contributed by atoms with Crippen molar-refractivity contribution in [3.63, 3.8) is 0 Å². The lowest BCUT2D eigenvalue weighted by atomic mass is 10.1. The average Bonchev–Trinajstić information content (AvgIpc) is 3.62. The zero-order valence-electron chi connectivity index (χ0n) is 21.2. The molecular formula is C24H20Cl2F5N9O2. The number of rotatable bonds is 8. The molecule has 1 aromatic carbocycles. The molecule has 0 aliphatic carbocycles. The molecule has 2 atom stereocenters. The van der Waals surface area contributed by atoms with Crippen LogP contribution in [0.4, 0.5) is 22.0 Å². The normalized spacial score (nSPS) is 17.4. The third-order valence-electron chi connectivity index (χ3n) is 6.31. The fraction of sp³-hybridized carbons (Fsp3) is 0.333. The van der Waals surface area contributed by atoms with Crippen LogP contribution >= 0.6 is 23.2 Å². The molecule has 1 aliphatic heterocycles. The maximum absolute atomic E-state index is 14.1.